The van der Waals surface area contributed by atoms with Crippen LogP contribution in [0.25, 0.3) is 82.1 Å². The summed E-state index contributed by atoms with van der Waals surface area (Å²) in [6.45, 7) is 0. The minimum Gasteiger partial charge on any atom is -0.309 e. The van der Waals surface area contributed by atoms with Gasteiger partial charge in [0.1, 0.15) is 0 Å². The summed E-state index contributed by atoms with van der Waals surface area (Å²) in [6.07, 6.45) is 0. The molecule has 1 nitrogen and oxygen atoms in total. The molecule has 0 N–H and O–H groups in total. The maximum absolute atomic E-state index is 2.44. The maximum Gasteiger partial charge on any atom is 0.0541 e. The van der Waals surface area contributed by atoms with Crippen molar-refractivity contribution in [3.05, 3.63) is 164 Å². The van der Waals surface area contributed by atoms with Crippen LogP contribution in [0, 0.1) is 0 Å². The summed E-state index contributed by atoms with van der Waals surface area (Å²) in [6, 6.07) is 59.7. The van der Waals surface area contributed by atoms with Crippen molar-refractivity contribution in [3.63, 3.8) is 0 Å². The second-order valence-corrected chi connectivity index (χ2v) is 11.3. The zero-order valence-electron chi connectivity index (χ0n) is 23.5. The molecule has 0 unspecified atom stereocenters. The lowest BCUT2D eigenvalue weighted by Gasteiger charge is -2.18. The van der Waals surface area contributed by atoms with Crippen molar-refractivity contribution in [2.24, 2.45) is 0 Å². The van der Waals surface area contributed by atoms with E-state index in [0.717, 1.165) is 0 Å². The lowest BCUT2D eigenvalue weighted by atomic mass is 9.86. The monoisotopic (exact) mass is 545 g/mol. The summed E-state index contributed by atoms with van der Waals surface area (Å²) in [4.78, 5) is 0. The SMILES string of the molecule is c1ccc(-c2c3ccccc3c(-c3ccc4c(c3)c3ccccc3n4-c3cccc4ccccc34)c3ccccc23)cc1. The fourth-order valence-corrected chi connectivity index (χ4v) is 7.15. The van der Waals surface area contributed by atoms with Crippen LogP contribution in [0.5, 0.6) is 0 Å². The molecule has 43 heavy (non-hydrogen) atoms. The lowest BCUT2D eigenvalue weighted by molar-refractivity contribution is 1.20. The van der Waals surface area contributed by atoms with Gasteiger partial charge in [-0.2, -0.15) is 0 Å². The first-order valence-electron chi connectivity index (χ1n) is 14.9. The molecule has 0 amide bonds. The normalized spacial score (nSPS) is 11.7. The number of fused-ring (bicyclic) bond motifs is 6. The molecule has 0 saturated carbocycles. The molecule has 1 aromatic heterocycles. The van der Waals surface area contributed by atoms with E-state index >= 15 is 0 Å². The predicted molar refractivity (Wildman–Crippen MR) is 184 cm³/mol. The molecule has 0 aliphatic heterocycles. The number of para-hydroxylation sites is 1. The largest absolute Gasteiger partial charge is 0.309 e. The van der Waals surface area contributed by atoms with E-state index in [0.29, 0.717) is 0 Å². The number of rotatable bonds is 3. The average molecular weight is 546 g/mol. The molecule has 0 radical (unpaired) electrons. The van der Waals surface area contributed by atoms with Crippen LogP contribution in [0.3, 0.4) is 0 Å². The molecule has 1 heterocycles. The zero-order chi connectivity index (χ0) is 28.3. The fraction of sp³-hybridized carbons (Fsp3) is 0. The second kappa shape index (κ2) is 9.44. The van der Waals surface area contributed by atoms with Gasteiger partial charge in [-0.05, 0) is 73.5 Å². The van der Waals surface area contributed by atoms with Crippen molar-refractivity contribution in [1.82, 2.24) is 4.57 Å². The molecular formula is C42H27N. The van der Waals surface area contributed by atoms with Gasteiger partial charge >= 0.3 is 0 Å². The molecule has 0 aliphatic carbocycles. The van der Waals surface area contributed by atoms with Crippen LogP contribution in [0.4, 0.5) is 0 Å². The Kier molecular flexibility index (Phi) is 5.27. The smallest absolute Gasteiger partial charge is 0.0541 e. The third-order valence-electron chi connectivity index (χ3n) is 8.96. The Bertz CT molecular complexity index is 2440. The Morgan fingerprint density at radius 1 is 0.302 bits per heavy atom. The molecule has 0 atom stereocenters. The Balaban J connectivity index is 1.38. The number of benzene rings is 8. The minimum atomic E-state index is 1.21. The first kappa shape index (κ1) is 24.0. The van der Waals surface area contributed by atoms with E-state index in [4.69, 9.17) is 0 Å². The van der Waals surface area contributed by atoms with E-state index in [1.807, 2.05) is 0 Å². The predicted octanol–water partition coefficient (Wildman–Crippen LogP) is 11.6. The summed E-state index contributed by atoms with van der Waals surface area (Å²) in [5.41, 5.74) is 8.71. The Hall–Kier alpha value is -5.66. The number of aromatic nitrogens is 1. The average Bonchev–Trinajstić information content (AvgIpc) is 3.40. The van der Waals surface area contributed by atoms with E-state index < -0.39 is 0 Å². The van der Waals surface area contributed by atoms with Crippen molar-refractivity contribution < 1.29 is 0 Å². The van der Waals surface area contributed by atoms with E-state index in [9.17, 15) is 0 Å². The molecule has 0 saturated heterocycles. The summed E-state index contributed by atoms with van der Waals surface area (Å²) in [5.74, 6) is 0. The molecule has 0 spiro atoms. The summed E-state index contributed by atoms with van der Waals surface area (Å²) in [5, 5.41) is 10.1. The quantitative estimate of drug-likeness (QED) is 0.195. The highest BCUT2D eigenvalue weighted by Gasteiger charge is 2.19. The van der Waals surface area contributed by atoms with Gasteiger partial charge in [0.15, 0.2) is 0 Å². The van der Waals surface area contributed by atoms with Crippen molar-refractivity contribution in [1.29, 1.82) is 0 Å². The van der Waals surface area contributed by atoms with Gasteiger partial charge in [-0.25, -0.2) is 0 Å². The van der Waals surface area contributed by atoms with Gasteiger partial charge in [-0.3, -0.25) is 0 Å². The van der Waals surface area contributed by atoms with E-state index in [1.54, 1.807) is 0 Å². The minimum absolute atomic E-state index is 1.21. The molecule has 8 aromatic carbocycles. The highest BCUT2D eigenvalue weighted by atomic mass is 15.0. The highest BCUT2D eigenvalue weighted by Crippen LogP contribution is 2.45. The van der Waals surface area contributed by atoms with Gasteiger partial charge in [0.25, 0.3) is 0 Å². The number of nitrogens with zero attached hydrogens (tertiary/aromatic N) is 1. The summed E-state index contributed by atoms with van der Waals surface area (Å²) < 4.78 is 2.44. The van der Waals surface area contributed by atoms with Crippen LogP contribution in [0.2, 0.25) is 0 Å². The first-order valence-corrected chi connectivity index (χ1v) is 14.9. The fourth-order valence-electron chi connectivity index (χ4n) is 7.15. The van der Waals surface area contributed by atoms with Crippen LogP contribution in [0.15, 0.2) is 164 Å². The van der Waals surface area contributed by atoms with Crippen molar-refractivity contribution in [2.75, 3.05) is 0 Å². The van der Waals surface area contributed by atoms with Gasteiger partial charge < -0.3 is 4.57 Å². The molecule has 1 heteroatoms. The van der Waals surface area contributed by atoms with Crippen molar-refractivity contribution in [2.45, 2.75) is 0 Å². The Morgan fingerprint density at radius 3 is 1.51 bits per heavy atom. The van der Waals surface area contributed by atoms with Gasteiger partial charge in [-0.1, -0.05) is 140 Å². The summed E-state index contributed by atoms with van der Waals surface area (Å²) in [7, 11) is 0. The van der Waals surface area contributed by atoms with Crippen LogP contribution in [-0.2, 0) is 0 Å². The molecule has 0 fully saturated rings. The zero-order valence-corrected chi connectivity index (χ0v) is 23.5. The standard InChI is InChI=1S/C42H27N/c1-2-14-29(15-3-1)41-33-19-6-8-21-35(33)42(36-22-9-7-20-34(36)41)30-25-26-40-37(27-30)32-18-10-11-23-39(32)43(40)38-24-12-16-28-13-4-5-17-31(28)38/h1-27H. The van der Waals surface area contributed by atoms with Crippen LogP contribution in [0.1, 0.15) is 0 Å². The third-order valence-corrected chi connectivity index (χ3v) is 8.96. The molecule has 0 bridgehead atoms. The number of hydrogen-bond acceptors (Lipinski definition) is 0. The molecule has 9 rings (SSSR count). The van der Waals surface area contributed by atoms with Gasteiger partial charge in [0, 0.05) is 16.2 Å². The third kappa shape index (κ3) is 3.58. The lowest BCUT2D eigenvalue weighted by Crippen LogP contribution is -1.95. The van der Waals surface area contributed by atoms with E-state index in [2.05, 4.69) is 168 Å². The van der Waals surface area contributed by atoms with Gasteiger partial charge in [-0.15, -0.1) is 0 Å². The maximum atomic E-state index is 2.44. The Morgan fingerprint density at radius 2 is 0.814 bits per heavy atom. The van der Waals surface area contributed by atoms with Crippen LogP contribution >= 0.6 is 0 Å². The van der Waals surface area contributed by atoms with E-state index in [1.165, 1.54) is 82.1 Å². The highest BCUT2D eigenvalue weighted by molar-refractivity contribution is 6.22. The van der Waals surface area contributed by atoms with Gasteiger partial charge in [0.2, 0.25) is 0 Å². The second-order valence-electron chi connectivity index (χ2n) is 11.3. The van der Waals surface area contributed by atoms with Crippen molar-refractivity contribution >= 4 is 54.1 Å². The molecule has 200 valence electrons. The number of hydrogen-bond donors (Lipinski definition) is 0. The topological polar surface area (TPSA) is 4.93 Å². The van der Waals surface area contributed by atoms with E-state index in [-0.39, 0.29) is 0 Å². The molecule has 9 aromatic rings. The van der Waals surface area contributed by atoms with Crippen molar-refractivity contribution in [3.8, 4) is 27.9 Å². The summed E-state index contributed by atoms with van der Waals surface area (Å²) >= 11 is 0. The van der Waals surface area contributed by atoms with Crippen LogP contribution in [-0.4, -0.2) is 4.57 Å². The molecule has 0 aliphatic rings. The van der Waals surface area contributed by atoms with Gasteiger partial charge in [0.05, 0.1) is 16.7 Å². The Labute approximate surface area is 249 Å². The first-order chi connectivity index (χ1) is 21.4. The molecular weight excluding hydrogens is 518 g/mol. The van der Waals surface area contributed by atoms with Crippen LogP contribution < -0.4 is 0 Å².